The first kappa shape index (κ1) is 17.5. The fourth-order valence-corrected chi connectivity index (χ4v) is 3.30. The average Bonchev–Trinajstić information content (AvgIpc) is 2.63. The van der Waals surface area contributed by atoms with E-state index < -0.39 is 0 Å². The maximum Gasteiger partial charge on any atom is 0.251 e. The van der Waals surface area contributed by atoms with Crippen molar-refractivity contribution >= 4 is 5.91 Å². The summed E-state index contributed by atoms with van der Waals surface area (Å²) < 4.78 is 5.74. The summed E-state index contributed by atoms with van der Waals surface area (Å²) in [4.78, 5) is 12.5. The third-order valence-corrected chi connectivity index (χ3v) is 4.81. The summed E-state index contributed by atoms with van der Waals surface area (Å²) >= 11 is 0. The molecule has 2 aromatic carbocycles. The second kappa shape index (κ2) is 9.26. The standard InChI is InChI=1S/C22H27NO2/c24-22(23-20-9-5-2-1-3-6-10-20)19-15-13-18(14-16-19)17-25-21-11-7-4-8-12-21/h4,7-8,11-16,20H,1-3,5-6,9-10,17H2,(H,23,24). The van der Waals surface area contributed by atoms with Crippen molar-refractivity contribution < 1.29 is 9.53 Å². The van der Waals surface area contributed by atoms with Crippen LogP contribution in [0.4, 0.5) is 0 Å². The minimum atomic E-state index is 0.0427. The second-order valence-corrected chi connectivity index (χ2v) is 6.81. The van der Waals surface area contributed by atoms with Gasteiger partial charge in [-0.15, -0.1) is 0 Å². The molecule has 1 aliphatic rings. The van der Waals surface area contributed by atoms with Crippen LogP contribution < -0.4 is 10.1 Å². The molecule has 0 atom stereocenters. The van der Waals surface area contributed by atoms with Gasteiger partial charge in [0.05, 0.1) is 0 Å². The first-order chi connectivity index (χ1) is 12.3. The normalized spacial score (nSPS) is 15.8. The summed E-state index contributed by atoms with van der Waals surface area (Å²) in [7, 11) is 0. The van der Waals surface area contributed by atoms with Crippen LogP contribution in [-0.2, 0) is 6.61 Å². The van der Waals surface area contributed by atoms with Crippen LogP contribution in [0.2, 0.25) is 0 Å². The molecular formula is C22H27NO2. The maximum absolute atomic E-state index is 12.5. The van der Waals surface area contributed by atoms with Crippen molar-refractivity contribution in [1.29, 1.82) is 0 Å². The molecule has 0 unspecified atom stereocenters. The average molecular weight is 337 g/mol. The van der Waals surface area contributed by atoms with Crippen LogP contribution in [0.15, 0.2) is 54.6 Å². The Labute approximate surface area is 150 Å². The molecule has 0 bridgehead atoms. The molecular weight excluding hydrogens is 310 g/mol. The monoisotopic (exact) mass is 337 g/mol. The van der Waals surface area contributed by atoms with Gasteiger partial charge in [-0.1, -0.05) is 62.4 Å². The predicted octanol–water partition coefficient (Wildman–Crippen LogP) is 5.11. The Morgan fingerprint density at radius 2 is 1.52 bits per heavy atom. The van der Waals surface area contributed by atoms with Crippen molar-refractivity contribution in [2.24, 2.45) is 0 Å². The number of benzene rings is 2. The van der Waals surface area contributed by atoms with Crippen LogP contribution in [0.25, 0.3) is 0 Å². The number of para-hydroxylation sites is 1. The van der Waals surface area contributed by atoms with E-state index in [-0.39, 0.29) is 5.91 Å². The first-order valence-electron chi connectivity index (χ1n) is 9.39. The van der Waals surface area contributed by atoms with Gasteiger partial charge >= 0.3 is 0 Å². The van der Waals surface area contributed by atoms with Gasteiger partial charge in [0.15, 0.2) is 0 Å². The molecule has 1 saturated carbocycles. The summed E-state index contributed by atoms with van der Waals surface area (Å²) in [5, 5.41) is 3.21. The lowest BCUT2D eigenvalue weighted by Gasteiger charge is -2.21. The Hall–Kier alpha value is -2.29. The van der Waals surface area contributed by atoms with E-state index in [9.17, 15) is 4.79 Å². The van der Waals surface area contributed by atoms with E-state index in [1.807, 2.05) is 54.6 Å². The minimum Gasteiger partial charge on any atom is -0.489 e. The van der Waals surface area contributed by atoms with Crippen LogP contribution in [0.1, 0.15) is 60.9 Å². The van der Waals surface area contributed by atoms with Crippen LogP contribution in [-0.4, -0.2) is 11.9 Å². The zero-order chi connectivity index (χ0) is 17.3. The smallest absolute Gasteiger partial charge is 0.251 e. The van der Waals surface area contributed by atoms with Crippen LogP contribution in [0.3, 0.4) is 0 Å². The molecule has 25 heavy (non-hydrogen) atoms. The van der Waals surface area contributed by atoms with Gasteiger partial charge in [0.1, 0.15) is 12.4 Å². The molecule has 0 heterocycles. The molecule has 1 amide bonds. The predicted molar refractivity (Wildman–Crippen MR) is 101 cm³/mol. The fourth-order valence-electron chi connectivity index (χ4n) is 3.30. The molecule has 1 fully saturated rings. The van der Waals surface area contributed by atoms with Crippen molar-refractivity contribution in [1.82, 2.24) is 5.32 Å². The molecule has 2 aromatic rings. The largest absolute Gasteiger partial charge is 0.489 e. The summed E-state index contributed by atoms with van der Waals surface area (Å²) in [5.74, 6) is 0.898. The summed E-state index contributed by atoms with van der Waals surface area (Å²) in [6.45, 7) is 0.508. The first-order valence-corrected chi connectivity index (χ1v) is 9.39. The van der Waals surface area contributed by atoms with Gasteiger partial charge in [-0.05, 0) is 42.7 Å². The highest BCUT2D eigenvalue weighted by Crippen LogP contribution is 2.18. The third kappa shape index (κ3) is 5.63. The minimum absolute atomic E-state index is 0.0427. The zero-order valence-corrected chi connectivity index (χ0v) is 14.7. The number of carbonyl (C=O) groups excluding carboxylic acids is 1. The van der Waals surface area contributed by atoms with E-state index in [0.717, 1.165) is 29.7 Å². The molecule has 3 rings (SSSR count). The second-order valence-electron chi connectivity index (χ2n) is 6.81. The molecule has 0 saturated heterocycles. The van der Waals surface area contributed by atoms with Crippen LogP contribution >= 0.6 is 0 Å². The molecule has 0 radical (unpaired) electrons. The third-order valence-electron chi connectivity index (χ3n) is 4.81. The van der Waals surface area contributed by atoms with Crippen LogP contribution in [0, 0.1) is 0 Å². The number of rotatable bonds is 5. The fraction of sp³-hybridized carbons (Fsp3) is 0.409. The van der Waals surface area contributed by atoms with Gasteiger partial charge in [-0.25, -0.2) is 0 Å². The summed E-state index contributed by atoms with van der Waals surface area (Å²) in [6, 6.07) is 17.8. The lowest BCUT2D eigenvalue weighted by atomic mass is 9.96. The number of ether oxygens (including phenoxy) is 1. The molecule has 1 N–H and O–H groups in total. The van der Waals surface area contributed by atoms with Crippen molar-refractivity contribution in [3.63, 3.8) is 0 Å². The number of nitrogens with one attached hydrogen (secondary N) is 1. The highest BCUT2D eigenvalue weighted by atomic mass is 16.5. The van der Waals surface area contributed by atoms with Gasteiger partial charge in [-0.3, -0.25) is 4.79 Å². The highest BCUT2D eigenvalue weighted by molar-refractivity contribution is 5.94. The van der Waals surface area contributed by atoms with Crippen molar-refractivity contribution in [3.05, 3.63) is 65.7 Å². The number of hydrogen-bond donors (Lipinski definition) is 1. The van der Waals surface area contributed by atoms with Crippen molar-refractivity contribution in [2.75, 3.05) is 0 Å². The van der Waals surface area contributed by atoms with E-state index in [1.54, 1.807) is 0 Å². The van der Waals surface area contributed by atoms with E-state index >= 15 is 0 Å². The SMILES string of the molecule is O=C(NC1CCCCCCC1)c1ccc(COc2ccccc2)cc1. The van der Waals surface area contributed by atoms with Gasteiger partial charge in [0, 0.05) is 11.6 Å². The molecule has 132 valence electrons. The van der Waals surface area contributed by atoms with E-state index in [4.69, 9.17) is 4.74 Å². The van der Waals surface area contributed by atoms with Gasteiger partial charge in [-0.2, -0.15) is 0 Å². The van der Waals surface area contributed by atoms with Gasteiger partial charge in [0.2, 0.25) is 0 Å². The zero-order valence-electron chi connectivity index (χ0n) is 14.7. The molecule has 1 aliphatic carbocycles. The molecule has 0 aliphatic heterocycles. The van der Waals surface area contributed by atoms with E-state index in [1.165, 1.54) is 32.1 Å². The Bertz CT molecular complexity index is 643. The summed E-state index contributed by atoms with van der Waals surface area (Å²) in [6.07, 6.45) is 8.59. The van der Waals surface area contributed by atoms with Gasteiger partial charge in [0.25, 0.3) is 5.91 Å². The van der Waals surface area contributed by atoms with Crippen LogP contribution in [0.5, 0.6) is 5.75 Å². The van der Waals surface area contributed by atoms with E-state index in [0.29, 0.717) is 12.6 Å². The van der Waals surface area contributed by atoms with Crippen molar-refractivity contribution in [2.45, 2.75) is 57.6 Å². The molecule has 0 aromatic heterocycles. The Morgan fingerprint density at radius 3 is 2.20 bits per heavy atom. The molecule has 3 nitrogen and oxygen atoms in total. The number of amides is 1. The Morgan fingerprint density at radius 1 is 0.880 bits per heavy atom. The molecule has 0 spiro atoms. The topological polar surface area (TPSA) is 38.3 Å². The number of carbonyl (C=O) groups is 1. The number of hydrogen-bond acceptors (Lipinski definition) is 2. The Balaban J connectivity index is 1.51. The van der Waals surface area contributed by atoms with E-state index in [2.05, 4.69) is 5.32 Å². The maximum atomic E-state index is 12.5. The quantitative estimate of drug-likeness (QED) is 0.823. The lowest BCUT2D eigenvalue weighted by Crippen LogP contribution is -2.35. The summed E-state index contributed by atoms with van der Waals surface area (Å²) in [5.41, 5.74) is 1.79. The Kier molecular flexibility index (Phi) is 6.49. The van der Waals surface area contributed by atoms with Gasteiger partial charge < -0.3 is 10.1 Å². The highest BCUT2D eigenvalue weighted by Gasteiger charge is 2.15. The van der Waals surface area contributed by atoms with Crippen molar-refractivity contribution in [3.8, 4) is 5.75 Å². The lowest BCUT2D eigenvalue weighted by molar-refractivity contribution is 0.0930. The molecule has 3 heteroatoms.